The highest BCUT2D eigenvalue weighted by Gasteiger charge is 2.11. The van der Waals surface area contributed by atoms with Crippen LogP contribution < -0.4 is 16.0 Å². The molecule has 6 nitrogen and oxygen atoms in total. The molecule has 0 aliphatic carbocycles. The van der Waals surface area contributed by atoms with Gasteiger partial charge in [-0.15, -0.1) is 11.3 Å². The van der Waals surface area contributed by atoms with Gasteiger partial charge in [-0.05, 0) is 53.9 Å². The SMILES string of the molecule is CNC(=O)c1ccc(NC(=O)c2cccc(NC(=O)c3cccs3)c2)cc1. The standard InChI is InChI=1S/C20H17N3O3S/c1-21-18(24)13-7-9-15(10-8-13)22-19(25)14-4-2-5-16(12-14)23-20(26)17-6-3-11-27-17/h2-12H,1H3,(H,21,24)(H,22,25)(H,23,26). The number of benzene rings is 2. The smallest absolute Gasteiger partial charge is 0.265 e. The quantitative estimate of drug-likeness (QED) is 0.633. The van der Waals surface area contributed by atoms with E-state index in [0.29, 0.717) is 27.4 Å². The van der Waals surface area contributed by atoms with E-state index in [9.17, 15) is 14.4 Å². The molecule has 0 radical (unpaired) electrons. The van der Waals surface area contributed by atoms with E-state index >= 15 is 0 Å². The molecule has 1 aromatic heterocycles. The van der Waals surface area contributed by atoms with Crippen LogP contribution in [-0.4, -0.2) is 24.8 Å². The van der Waals surface area contributed by atoms with Gasteiger partial charge in [-0.1, -0.05) is 12.1 Å². The van der Waals surface area contributed by atoms with Crippen LogP contribution in [0.1, 0.15) is 30.4 Å². The van der Waals surface area contributed by atoms with Crippen LogP contribution in [-0.2, 0) is 0 Å². The molecule has 3 amide bonds. The number of anilines is 2. The lowest BCUT2D eigenvalue weighted by Gasteiger charge is -2.08. The summed E-state index contributed by atoms with van der Waals surface area (Å²) in [4.78, 5) is 36.7. The summed E-state index contributed by atoms with van der Waals surface area (Å²) in [5.41, 5.74) is 2.03. The first-order chi connectivity index (χ1) is 13.1. The first kappa shape index (κ1) is 18.3. The molecule has 3 N–H and O–H groups in total. The Morgan fingerprint density at radius 3 is 2.15 bits per heavy atom. The molecule has 0 atom stereocenters. The van der Waals surface area contributed by atoms with Crippen molar-refractivity contribution in [2.75, 3.05) is 17.7 Å². The predicted molar refractivity (Wildman–Crippen MR) is 106 cm³/mol. The monoisotopic (exact) mass is 379 g/mol. The lowest BCUT2D eigenvalue weighted by atomic mass is 10.1. The van der Waals surface area contributed by atoms with Crippen molar-refractivity contribution in [3.63, 3.8) is 0 Å². The second-order valence-electron chi connectivity index (χ2n) is 5.62. The molecule has 7 heteroatoms. The van der Waals surface area contributed by atoms with Crippen molar-refractivity contribution in [3.8, 4) is 0 Å². The average molecular weight is 379 g/mol. The van der Waals surface area contributed by atoms with Gasteiger partial charge in [-0.3, -0.25) is 14.4 Å². The third-order valence-corrected chi connectivity index (χ3v) is 4.63. The summed E-state index contributed by atoms with van der Waals surface area (Å²) in [6.07, 6.45) is 0. The van der Waals surface area contributed by atoms with E-state index in [1.165, 1.54) is 11.3 Å². The van der Waals surface area contributed by atoms with Gasteiger partial charge in [0.05, 0.1) is 4.88 Å². The van der Waals surface area contributed by atoms with Gasteiger partial charge in [-0.25, -0.2) is 0 Å². The van der Waals surface area contributed by atoms with Crippen molar-refractivity contribution in [2.45, 2.75) is 0 Å². The van der Waals surface area contributed by atoms with E-state index < -0.39 is 0 Å². The number of thiophene rings is 1. The Balaban J connectivity index is 1.68. The molecule has 0 saturated heterocycles. The maximum atomic E-state index is 12.5. The van der Waals surface area contributed by atoms with Crippen LogP contribution >= 0.6 is 11.3 Å². The summed E-state index contributed by atoms with van der Waals surface area (Å²) in [6.45, 7) is 0. The Morgan fingerprint density at radius 2 is 1.48 bits per heavy atom. The normalized spacial score (nSPS) is 10.1. The predicted octanol–water partition coefficient (Wildman–Crippen LogP) is 3.61. The Kier molecular flexibility index (Phi) is 5.63. The number of carbonyl (C=O) groups excluding carboxylic acids is 3. The Hall–Kier alpha value is -3.45. The number of rotatable bonds is 5. The lowest BCUT2D eigenvalue weighted by molar-refractivity contribution is 0.0961. The van der Waals surface area contributed by atoms with Gasteiger partial charge in [0, 0.05) is 29.5 Å². The molecule has 3 rings (SSSR count). The molecule has 0 spiro atoms. The fourth-order valence-electron chi connectivity index (χ4n) is 2.39. The molecule has 0 unspecified atom stereocenters. The van der Waals surface area contributed by atoms with Gasteiger partial charge in [0.2, 0.25) is 0 Å². The summed E-state index contributed by atoms with van der Waals surface area (Å²) in [5.74, 6) is -0.718. The molecule has 136 valence electrons. The molecule has 0 saturated carbocycles. The van der Waals surface area contributed by atoms with Crippen molar-refractivity contribution >= 4 is 40.4 Å². The molecule has 0 bridgehead atoms. The molecule has 1 heterocycles. The zero-order valence-electron chi connectivity index (χ0n) is 14.5. The zero-order valence-corrected chi connectivity index (χ0v) is 15.3. The summed E-state index contributed by atoms with van der Waals surface area (Å²) < 4.78 is 0. The minimum atomic E-state index is -0.310. The van der Waals surface area contributed by atoms with Gasteiger partial charge in [-0.2, -0.15) is 0 Å². The Morgan fingerprint density at radius 1 is 0.741 bits per heavy atom. The van der Waals surface area contributed by atoms with E-state index in [2.05, 4.69) is 16.0 Å². The highest BCUT2D eigenvalue weighted by atomic mass is 32.1. The Bertz CT molecular complexity index is 966. The lowest BCUT2D eigenvalue weighted by Crippen LogP contribution is -2.18. The first-order valence-corrected chi connectivity index (χ1v) is 9.03. The van der Waals surface area contributed by atoms with Gasteiger partial charge < -0.3 is 16.0 Å². The van der Waals surface area contributed by atoms with E-state index in [4.69, 9.17) is 0 Å². The van der Waals surface area contributed by atoms with Crippen LogP contribution in [0.4, 0.5) is 11.4 Å². The maximum Gasteiger partial charge on any atom is 0.265 e. The second-order valence-corrected chi connectivity index (χ2v) is 6.57. The van der Waals surface area contributed by atoms with Crippen molar-refractivity contribution in [3.05, 3.63) is 82.0 Å². The summed E-state index contributed by atoms with van der Waals surface area (Å²) in [5, 5.41) is 9.91. The van der Waals surface area contributed by atoms with Crippen LogP contribution in [0.3, 0.4) is 0 Å². The summed E-state index contributed by atoms with van der Waals surface area (Å²) >= 11 is 1.35. The van der Waals surface area contributed by atoms with Gasteiger partial charge in [0.1, 0.15) is 0 Å². The molecule has 0 fully saturated rings. The fraction of sp³-hybridized carbons (Fsp3) is 0.0500. The summed E-state index contributed by atoms with van der Waals surface area (Å²) in [7, 11) is 1.56. The van der Waals surface area contributed by atoms with E-state index in [0.717, 1.165) is 0 Å². The highest BCUT2D eigenvalue weighted by Crippen LogP contribution is 2.17. The third kappa shape index (κ3) is 4.59. The minimum absolute atomic E-state index is 0.193. The van der Waals surface area contributed by atoms with Crippen molar-refractivity contribution in [1.82, 2.24) is 5.32 Å². The minimum Gasteiger partial charge on any atom is -0.355 e. The molecular weight excluding hydrogens is 362 g/mol. The second kappa shape index (κ2) is 8.29. The molecule has 27 heavy (non-hydrogen) atoms. The van der Waals surface area contributed by atoms with Gasteiger partial charge in [0.15, 0.2) is 0 Å². The maximum absolute atomic E-state index is 12.5. The highest BCUT2D eigenvalue weighted by molar-refractivity contribution is 7.12. The van der Waals surface area contributed by atoms with Crippen LogP contribution in [0.15, 0.2) is 66.0 Å². The number of hydrogen-bond acceptors (Lipinski definition) is 4. The molecule has 3 aromatic rings. The van der Waals surface area contributed by atoms with Crippen molar-refractivity contribution in [2.24, 2.45) is 0 Å². The topological polar surface area (TPSA) is 87.3 Å². The van der Waals surface area contributed by atoms with Crippen LogP contribution in [0, 0.1) is 0 Å². The van der Waals surface area contributed by atoms with Crippen LogP contribution in [0.2, 0.25) is 0 Å². The molecular formula is C20H17N3O3S. The van der Waals surface area contributed by atoms with Crippen molar-refractivity contribution < 1.29 is 14.4 Å². The summed E-state index contributed by atoms with van der Waals surface area (Å²) in [6, 6.07) is 16.8. The first-order valence-electron chi connectivity index (χ1n) is 8.15. The average Bonchev–Trinajstić information content (AvgIpc) is 3.23. The zero-order chi connectivity index (χ0) is 19.2. The van der Waals surface area contributed by atoms with E-state index in [1.807, 2.05) is 5.38 Å². The third-order valence-electron chi connectivity index (χ3n) is 3.76. The number of carbonyl (C=O) groups is 3. The van der Waals surface area contributed by atoms with Crippen LogP contribution in [0.25, 0.3) is 0 Å². The van der Waals surface area contributed by atoms with E-state index in [-0.39, 0.29) is 17.7 Å². The van der Waals surface area contributed by atoms with Gasteiger partial charge >= 0.3 is 0 Å². The van der Waals surface area contributed by atoms with Crippen molar-refractivity contribution in [1.29, 1.82) is 0 Å². The molecule has 2 aromatic carbocycles. The Labute approximate surface area is 160 Å². The molecule has 0 aliphatic heterocycles. The fourth-order valence-corrected chi connectivity index (χ4v) is 3.01. The molecule has 0 aliphatic rings. The largest absolute Gasteiger partial charge is 0.355 e. The van der Waals surface area contributed by atoms with Gasteiger partial charge in [0.25, 0.3) is 17.7 Å². The van der Waals surface area contributed by atoms with Crippen LogP contribution in [0.5, 0.6) is 0 Å². The van der Waals surface area contributed by atoms with E-state index in [1.54, 1.807) is 67.7 Å². The number of amides is 3. The number of nitrogens with one attached hydrogen (secondary N) is 3. The number of hydrogen-bond donors (Lipinski definition) is 3.